The van der Waals surface area contributed by atoms with E-state index >= 15 is 0 Å². The van der Waals surface area contributed by atoms with E-state index < -0.39 is 4.92 Å². The first-order chi connectivity index (χ1) is 10.0. The van der Waals surface area contributed by atoms with Crippen molar-refractivity contribution >= 4 is 27.5 Å². The smallest absolute Gasteiger partial charge is 0.270 e. The van der Waals surface area contributed by atoms with Gasteiger partial charge in [-0.1, -0.05) is 0 Å². The predicted octanol–water partition coefficient (Wildman–Crippen LogP) is 2.43. The summed E-state index contributed by atoms with van der Waals surface area (Å²) in [5.74, 6) is 0.391. The van der Waals surface area contributed by atoms with Gasteiger partial charge in [0, 0.05) is 29.7 Å². The van der Waals surface area contributed by atoms with Gasteiger partial charge in [-0.2, -0.15) is 0 Å². The van der Waals surface area contributed by atoms with Crippen molar-refractivity contribution in [1.82, 2.24) is 10.2 Å². The van der Waals surface area contributed by atoms with E-state index in [1.165, 1.54) is 18.2 Å². The minimum atomic E-state index is -0.469. The highest BCUT2D eigenvalue weighted by Gasteiger charge is 2.25. The number of hydrogen-bond donors (Lipinski definition) is 1. The van der Waals surface area contributed by atoms with Crippen molar-refractivity contribution in [3.8, 4) is 0 Å². The molecule has 1 unspecified atom stereocenters. The Morgan fingerprint density at radius 2 is 2.33 bits per heavy atom. The molecule has 6 nitrogen and oxygen atoms in total. The number of piperidine rings is 1. The van der Waals surface area contributed by atoms with E-state index in [1.807, 2.05) is 11.9 Å². The summed E-state index contributed by atoms with van der Waals surface area (Å²) in [4.78, 5) is 24.7. The number of carbonyl (C=O) groups is 1. The topological polar surface area (TPSA) is 75.5 Å². The first kappa shape index (κ1) is 15.9. The third kappa shape index (κ3) is 3.79. The van der Waals surface area contributed by atoms with Gasteiger partial charge in [-0.05, 0) is 54.3 Å². The molecule has 2 rings (SSSR count). The Labute approximate surface area is 131 Å². The number of nitrogens with zero attached hydrogens (tertiary/aromatic N) is 2. The standard InChI is InChI=1S/C14H18BrN3O3/c1-16-8-10-3-2-6-17(9-10)14(19)12-5-4-11(18(20)21)7-13(12)15/h4-5,7,10,16H,2-3,6,8-9H2,1H3. The average Bonchev–Trinajstić information content (AvgIpc) is 2.47. The van der Waals surface area contributed by atoms with Crippen molar-refractivity contribution in [1.29, 1.82) is 0 Å². The maximum absolute atomic E-state index is 12.6. The number of nitro benzene ring substituents is 1. The normalized spacial score (nSPS) is 18.6. The predicted molar refractivity (Wildman–Crippen MR) is 83.4 cm³/mol. The zero-order chi connectivity index (χ0) is 15.4. The molecule has 1 atom stereocenters. The van der Waals surface area contributed by atoms with Gasteiger partial charge in [0.1, 0.15) is 0 Å². The van der Waals surface area contributed by atoms with Crippen LogP contribution in [0.15, 0.2) is 22.7 Å². The largest absolute Gasteiger partial charge is 0.338 e. The van der Waals surface area contributed by atoms with Gasteiger partial charge in [-0.15, -0.1) is 0 Å². The Balaban J connectivity index is 2.14. The van der Waals surface area contributed by atoms with Crippen LogP contribution in [-0.2, 0) is 0 Å². The molecule has 1 fully saturated rings. The third-order valence-electron chi connectivity index (χ3n) is 3.69. The molecule has 1 aromatic carbocycles. The fourth-order valence-corrected chi connectivity index (χ4v) is 3.20. The summed E-state index contributed by atoms with van der Waals surface area (Å²) >= 11 is 3.26. The van der Waals surface area contributed by atoms with Crippen LogP contribution in [0, 0.1) is 16.0 Å². The molecule has 1 heterocycles. The molecule has 1 aliphatic heterocycles. The fourth-order valence-electron chi connectivity index (χ4n) is 2.67. The van der Waals surface area contributed by atoms with Crippen LogP contribution in [0.4, 0.5) is 5.69 Å². The number of rotatable bonds is 4. The summed E-state index contributed by atoms with van der Waals surface area (Å²) in [5, 5.41) is 13.9. The molecule has 0 aliphatic carbocycles. The van der Waals surface area contributed by atoms with E-state index in [0.717, 1.165) is 32.5 Å². The van der Waals surface area contributed by atoms with Crippen LogP contribution < -0.4 is 5.32 Å². The first-order valence-electron chi connectivity index (χ1n) is 6.90. The summed E-state index contributed by atoms with van der Waals surface area (Å²) in [7, 11) is 1.91. The molecule has 1 N–H and O–H groups in total. The molecule has 1 saturated heterocycles. The highest BCUT2D eigenvalue weighted by molar-refractivity contribution is 9.10. The summed E-state index contributed by atoms with van der Waals surface area (Å²) < 4.78 is 0.470. The molecule has 21 heavy (non-hydrogen) atoms. The SMILES string of the molecule is CNCC1CCCN(C(=O)c2ccc([N+](=O)[O-])cc2Br)C1. The lowest BCUT2D eigenvalue weighted by Gasteiger charge is -2.33. The Bertz CT molecular complexity index is 548. The van der Waals surface area contributed by atoms with E-state index in [-0.39, 0.29) is 11.6 Å². The van der Waals surface area contributed by atoms with Gasteiger partial charge < -0.3 is 10.2 Å². The van der Waals surface area contributed by atoms with Crippen LogP contribution in [0.2, 0.25) is 0 Å². The number of benzene rings is 1. The molecule has 0 bridgehead atoms. The second-order valence-electron chi connectivity index (χ2n) is 5.24. The number of amides is 1. The van der Waals surface area contributed by atoms with E-state index in [0.29, 0.717) is 16.0 Å². The Kier molecular flexibility index (Phi) is 5.30. The first-order valence-corrected chi connectivity index (χ1v) is 7.70. The summed E-state index contributed by atoms with van der Waals surface area (Å²) in [6.45, 7) is 2.36. The Hall–Kier alpha value is -1.47. The lowest BCUT2D eigenvalue weighted by atomic mass is 9.97. The molecular weight excluding hydrogens is 338 g/mol. The number of carbonyl (C=O) groups excluding carboxylic acids is 1. The second kappa shape index (κ2) is 7.00. The van der Waals surface area contributed by atoms with Crippen molar-refractivity contribution in [2.75, 3.05) is 26.7 Å². The molecule has 1 aliphatic rings. The number of non-ortho nitro benzene ring substituents is 1. The summed E-state index contributed by atoms with van der Waals surface area (Å²) in [6, 6.07) is 4.27. The Morgan fingerprint density at radius 1 is 1.57 bits per heavy atom. The van der Waals surface area contributed by atoms with Gasteiger partial charge in [0.15, 0.2) is 0 Å². The molecule has 0 aromatic heterocycles. The number of nitrogens with one attached hydrogen (secondary N) is 1. The van der Waals surface area contributed by atoms with Crippen molar-refractivity contribution in [2.45, 2.75) is 12.8 Å². The Morgan fingerprint density at radius 3 is 2.95 bits per heavy atom. The minimum absolute atomic E-state index is 0.0230. The average molecular weight is 356 g/mol. The molecule has 1 aromatic rings. The fraction of sp³-hybridized carbons (Fsp3) is 0.500. The second-order valence-corrected chi connectivity index (χ2v) is 6.09. The van der Waals surface area contributed by atoms with Crippen LogP contribution in [0.3, 0.4) is 0 Å². The van der Waals surface area contributed by atoms with Crippen molar-refractivity contribution in [2.24, 2.45) is 5.92 Å². The quantitative estimate of drug-likeness (QED) is 0.664. The van der Waals surface area contributed by atoms with Gasteiger partial charge in [-0.25, -0.2) is 0 Å². The molecule has 0 spiro atoms. The lowest BCUT2D eigenvalue weighted by molar-refractivity contribution is -0.384. The van der Waals surface area contributed by atoms with Crippen LogP contribution in [-0.4, -0.2) is 42.4 Å². The van der Waals surface area contributed by atoms with Crippen molar-refractivity contribution < 1.29 is 9.72 Å². The third-order valence-corrected chi connectivity index (χ3v) is 4.35. The molecule has 0 saturated carbocycles. The van der Waals surface area contributed by atoms with E-state index in [2.05, 4.69) is 21.2 Å². The van der Waals surface area contributed by atoms with Crippen molar-refractivity contribution in [3.05, 3.63) is 38.3 Å². The minimum Gasteiger partial charge on any atom is -0.338 e. The van der Waals surface area contributed by atoms with Gasteiger partial charge in [0.25, 0.3) is 11.6 Å². The summed E-state index contributed by atoms with van der Waals surface area (Å²) in [6.07, 6.45) is 2.11. The van der Waals surface area contributed by atoms with Crippen molar-refractivity contribution in [3.63, 3.8) is 0 Å². The number of nitro groups is 1. The maximum Gasteiger partial charge on any atom is 0.270 e. The number of likely N-dealkylation sites (tertiary alicyclic amines) is 1. The zero-order valence-electron chi connectivity index (χ0n) is 11.8. The van der Waals surface area contributed by atoms with Gasteiger partial charge >= 0.3 is 0 Å². The molecule has 0 radical (unpaired) electrons. The lowest BCUT2D eigenvalue weighted by Crippen LogP contribution is -2.42. The molecule has 114 valence electrons. The van der Waals surface area contributed by atoms with Crippen LogP contribution in [0.1, 0.15) is 23.2 Å². The molecular formula is C14H18BrN3O3. The van der Waals surface area contributed by atoms with Gasteiger partial charge in [-0.3, -0.25) is 14.9 Å². The van der Waals surface area contributed by atoms with E-state index in [9.17, 15) is 14.9 Å². The number of halogens is 1. The van der Waals surface area contributed by atoms with E-state index in [4.69, 9.17) is 0 Å². The van der Waals surface area contributed by atoms with Gasteiger partial charge in [0.2, 0.25) is 0 Å². The highest BCUT2D eigenvalue weighted by atomic mass is 79.9. The monoisotopic (exact) mass is 355 g/mol. The van der Waals surface area contributed by atoms with Crippen LogP contribution in [0.25, 0.3) is 0 Å². The zero-order valence-corrected chi connectivity index (χ0v) is 13.4. The van der Waals surface area contributed by atoms with Crippen LogP contribution in [0.5, 0.6) is 0 Å². The molecule has 7 heteroatoms. The maximum atomic E-state index is 12.6. The van der Waals surface area contributed by atoms with Crippen LogP contribution >= 0.6 is 15.9 Å². The highest BCUT2D eigenvalue weighted by Crippen LogP contribution is 2.26. The number of hydrogen-bond acceptors (Lipinski definition) is 4. The molecule has 1 amide bonds. The summed E-state index contributed by atoms with van der Waals surface area (Å²) in [5.41, 5.74) is 0.454. The van der Waals surface area contributed by atoms with E-state index in [1.54, 1.807) is 0 Å². The van der Waals surface area contributed by atoms with Gasteiger partial charge in [0.05, 0.1) is 10.5 Å².